The highest BCUT2D eigenvalue weighted by Gasteiger charge is 2.21. The Kier molecular flexibility index (Phi) is 5.38. The van der Waals surface area contributed by atoms with Gasteiger partial charge in [-0.3, -0.25) is 0 Å². The van der Waals surface area contributed by atoms with E-state index in [1.807, 2.05) is 20.8 Å². The average Bonchev–Trinajstić information content (AvgIpc) is 2.36. The monoisotopic (exact) mass is 305 g/mol. The van der Waals surface area contributed by atoms with Crippen LogP contribution in [0.25, 0.3) is 0 Å². The first-order chi connectivity index (χ1) is 8.72. The quantitative estimate of drug-likeness (QED) is 0.849. The maximum Gasteiger partial charge on any atom is 0.240 e. The lowest BCUT2D eigenvalue weighted by Gasteiger charge is -2.22. The van der Waals surface area contributed by atoms with E-state index in [1.54, 1.807) is 0 Å². The van der Waals surface area contributed by atoms with Crippen molar-refractivity contribution in [3.8, 4) is 0 Å². The SMILES string of the molecule is CCC(C)(C)CNS(=O)(=O)c1ccc(CO)c(Cl)c1. The minimum absolute atomic E-state index is 0.0953. The maximum absolute atomic E-state index is 12.1. The van der Waals surface area contributed by atoms with Crippen LogP contribution in [-0.2, 0) is 16.6 Å². The van der Waals surface area contributed by atoms with Crippen LogP contribution in [0, 0.1) is 5.41 Å². The van der Waals surface area contributed by atoms with E-state index in [9.17, 15) is 8.42 Å². The third-order valence-electron chi connectivity index (χ3n) is 3.20. The molecule has 0 aromatic heterocycles. The maximum atomic E-state index is 12.1. The Bertz CT molecular complexity index is 541. The lowest BCUT2D eigenvalue weighted by Crippen LogP contribution is -2.33. The Labute approximate surface area is 119 Å². The minimum atomic E-state index is -3.57. The average molecular weight is 306 g/mol. The molecule has 108 valence electrons. The Balaban J connectivity index is 2.92. The van der Waals surface area contributed by atoms with Gasteiger partial charge in [-0.05, 0) is 29.5 Å². The molecule has 0 aliphatic heterocycles. The summed E-state index contributed by atoms with van der Waals surface area (Å²) in [5.74, 6) is 0. The molecule has 0 fully saturated rings. The molecule has 0 amide bonds. The van der Waals surface area contributed by atoms with Crippen molar-refractivity contribution in [2.45, 2.75) is 38.7 Å². The third kappa shape index (κ3) is 4.45. The smallest absolute Gasteiger partial charge is 0.240 e. The predicted octanol–water partition coefficient (Wildman–Crippen LogP) is 2.55. The molecule has 1 aromatic carbocycles. The van der Waals surface area contributed by atoms with E-state index in [2.05, 4.69) is 4.72 Å². The van der Waals surface area contributed by atoms with Crippen molar-refractivity contribution < 1.29 is 13.5 Å². The van der Waals surface area contributed by atoms with E-state index < -0.39 is 10.0 Å². The summed E-state index contributed by atoms with van der Waals surface area (Å²) in [4.78, 5) is 0.113. The lowest BCUT2D eigenvalue weighted by atomic mass is 9.91. The fourth-order valence-electron chi connectivity index (χ4n) is 1.32. The minimum Gasteiger partial charge on any atom is -0.392 e. The number of aliphatic hydroxyl groups is 1. The second kappa shape index (κ2) is 6.22. The summed E-state index contributed by atoms with van der Waals surface area (Å²) in [5, 5.41) is 9.25. The standard InChI is InChI=1S/C13H20ClNO3S/c1-4-13(2,3)9-15-19(17,18)11-6-5-10(8-16)12(14)7-11/h5-7,15-16H,4,8-9H2,1-3H3. The van der Waals surface area contributed by atoms with E-state index in [-0.39, 0.29) is 21.9 Å². The number of halogens is 1. The first kappa shape index (κ1) is 16.4. The molecule has 19 heavy (non-hydrogen) atoms. The molecule has 1 aromatic rings. The zero-order valence-electron chi connectivity index (χ0n) is 11.4. The summed E-state index contributed by atoms with van der Waals surface area (Å²) in [6.07, 6.45) is 0.875. The summed E-state index contributed by atoms with van der Waals surface area (Å²) >= 11 is 5.90. The Morgan fingerprint density at radius 1 is 1.37 bits per heavy atom. The second-order valence-corrected chi connectivity index (χ2v) is 7.43. The molecule has 0 aliphatic rings. The molecular weight excluding hydrogens is 286 g/mol. The number of sulfonamides is 1. The van der Waals surface area contributed by atoms with E-state index >= 15 is 0 Å². The van der Waals surface area contributed by atoms with E-state index in [1.165, 1.54) is 18.2 Å². The highest BCUT2D eigenvalue weighted by atomic mass is 35.5. The van der Waals surface area contributed by atoms with Crippen LogP contribution in [0.4, 0.5) is 0 Å². The first-order valence-electron chi connectivity index (χ1n) is 6.11. The van der Waals surface area contributed by atoms with Gasteiger partial charge in [-0.25, -0.2) is 13.1 Å². The molecule has 4 nitrogen and oxygen atoms in total. The molecule has 0 aliphatic carbocycles. The normalized spacial score (nSPS) is 12.7. The van der Waals surface area contributed by atoms with E-state index in [4.69, 9.17) is 16.7 Å². The summed E-state index contributed by atoms with van der Waals surface area (Å²) in [6, 6.07) is 4.31. The molecule has 0 spiro atoms. The molecular formula is C13H20ClNO3S. The summed E-state index contributed by atoms with van der Waals surface area (Å²) < 4.78 is 26.8. The predicted molar refractivity (Wildman–Crippen MR) is 76.6 cm³/mol. The van der Waals surface area contributed by atoms with Gasteiger partial charge in [0.05, 0.1) is 11.5 Å². The van der Waals surface area contributed by atoms with Crippen molar-refractivity contribution in [3.63, 3.8) is 0 Å². The number of hydrogen-bond donors (Lipinski definition) is 2. The molecule has 0 radical (unpaired) electrons. The molecule has 0 heterocycles. The van der Waals surface area contributed by atoms with Gasteiger partial charge in [0, 0.05) is 11.6 Å². The Hall–Kier alpha value is -0.620. The van der Waals surface area contributed by atoms with Gasteiger partial charge >= 0.3 is 0 Å². The highest BCUT2D eigenvalue weighted by molar-refractivity contribution is 7.89. The number of rotatable bonds is 6. The van der Waals surface area contributed by atoms with Crippen molar-refractivity contribution >= 4 is 21.6 Å². The fraction of sp³-hybridized carbons (Fsp3) is 0.538. The first-order valence-corrected chi connectivity index (χ1v) is 7.97. The van der Waals surface area contributed by atoms with E-state index in [0.717, 1.165) is 6.42 Å². The van der Waals surface area contributed by atoms with Crippen LogP contribution in [0.3, 0.4) is 0 Å². The Morgan fingerprint density at radius 2 is 2.00 bits per heavy atom. The number of hydrogen-bond acceptors (Lipinski definition) is 3. The van der Waals surface area contributed by atoms with Gasteiger partial charge in [0.1, 0.15) is 0 Å². The number of benzene rings is 1. The van der Waals surface area contributed by atoms with Crippen LogP contribution in [-0.4, -0.2) is 20.1 Å². The van der Waals surface area contributed by atoms with Gasteiger partial charge in [-0.2, -0.15) is 0 Å². The van der Waals surface area contributed by atoms with Gasteiger partial charge in [0.25, 0.3) is 0 Å². The summed E-state index contributed by atoms with van der Waals surface area (Å²) in [6.45, 7) is 6.16. The van der Waals surface area contributed by atoms with Gasteiger partial charge in [-0.15, -0.1) is 0 Å². The van der Waals surface area contributed by atoms with Crippen molar-refractivity contribution in [2.24, 2.45) is 5.41 Å². The summed E-state index contributed by atoms with van der Waals surface area (Å²) in [7, 11) is -3.57. The molecule has 0 unspecified atom stereocenters. The van der Waals surface area contributed by atoms with Crippen molar-refractivity contribution in [2.75, 3.05) is 6.54 Å². The van der Waals surface area contributed by atoms with Crippen LogP contribution in [0.1, 0.15) is 32.8 Å². The molecule has 0 saturated carbocycles. The van der Waals surface area contributed by atoms with Crippen molar-refractivity contribution in [1.29, 1.82) is 0 Å². The van der Waals surface area contributed by atoms with Crippen LogP contribution >= 0.6 is 11.6 Å². The molecule has 0 atom stereocenters. The number of nitrogens with one attached hydrogen (secondary N) is 1. The van der Waals surface area contributed by atoms with Crippen LogP contribution in [0.15, 0.2) is 23.1 Å². The van der Waals surface area contributed by atoms with Crippen LogP contribution in [0.5, 0.6) is 0 Å². The van der Waals surface area contributed by atoms with Crippen LogP contribution in [0.2, 0.25) is 5.02 Å². The zero-order valence-corrected chi connectivity index (χ0v) is 13.0. The largest absolute Gasteiger partial charge is 0.392 e. The van der Waals surface area contributed by atoms with Gasteiger partial charge in [0.15, 0.2) is 0 Å². The van der Waals surface area contributed by atoms with Crippen LogP contribution < -0.4 is 4.72 Å². The topological polar surface area (TPSA) is 66.4 Å². The lowest BCUT2D eigenvalue weighted by molar-refractivity contribution is 0.282. The van der Waals surface area contributed by atoms with Crippen molar-refractivity contribution in [3.05, 3.63) is 28.8 Å². The fourth-order valence-corrected chi connectivity index (χ4v) is 2.89. The molecule has 1 rings (SSSR count). The summed E-state index contributed by atoms with van der Waals surface area (Å²) in [5.41, 5.74) is 0.413. The zero-order chi connectivity index (χ0) is 14.7. The number of aliphatic hydroxyl groups excluding tert-OH is 1. The van der Waals surface area contributed by atoms with E-state index in [0.29, 0.717) is 12.1 Å². The second-order valence-electron chi connectivity index (χ2n) is 5.25. The van der Waals surface area contributed by atoms with Gasteiger partial charge < -0.3 is 5.11 Å². The van der Waals surface area contributed by atoms with Crippen molar-refractivity contribution in [1.82, 2.24) is 4.72 Å². The molecule has 2 N–H and O–H groups in total. The van der Waals surface area contributed by atoms with Gasteiger partial charge in [-0.1, -0.05) is 38.4 Å². The molecule has 0 saturated heterocycles. The third-order valence-corrected chi connectivity index (χ3v) is 4.95. The molecule has 0 bridgehead atoms. The highest BCUT2D eigenvalue weighted by Crippen LogP contribution is 2.22. The van der Waals surface area contributed by atoms with Gasteiger partial charge in [0.2, 0.25) is 10.0 Å². The Morgan fingerprint density at radius 3 is 2.47 bits per heavy atom. The molecule has 6 heteroatoms.